The topological polar surface area (TPSA) is 251 Å². The zero-order chi connectivity index (χ0) is 61.2. The van der Waals surface area contributed by atoms with E-state index in [2.05, 4.69) is 10.6 Å². The first kappa shape index (κ1) is 60.6. The Bertz CT molecular complexity index is 3600. The Balaban J connectivity index is 0.000000204. The molecule has 6 aromatic rings. The Kier molecular flexibility index (Phi) is 17.4. The van der Waals surface area contributed by atoms with Crippen molar-refractivity contribution in [3.8, 4) is 34.3 Å². The van der Waals surface area contributed by atoms with Crippen molar-refractivity contribution in [2.45, 2.75) is 118 Å². The second-order valence-corrected chi connectivity index (χ2v) is 25.5. The number of rotatable bonds is 2. The number of benzene rings is 4. The number of hydrogen-bond acceptors (Lipinski definition) is 15. The molecule has 0 aliphatic carbocycles. The van der Waals surface area contributed by atoms with Gasteiger partial charge in [-0.25, -0.2) is 39.1 Å². The largest absolute Gasteiger partial charge is 0.480 e. The molecule has 0 spiro atoms. The molecule has 8 bridgehead atoms. The van der Waals surface area contributed by atoms with Crippen molar-refractivity contribution in [3.05, 3.63) is 120 Å². The standard InChI is InChI=1S/C33H38N4O6.C32H36N4O6/c1-32(2,3)27-29(38)37-18-22(17-25(37)30(39)41-6)43-28-26(34-23-12-7-8-13-24(23)35-28)21-11-9-10-20(16-21)14-15-33(4,5)19-42-31(40)36-27;1-31(2,3)26-28(37)36-17-21(16-24(36)29(38)39)42-27-25(33-22-11-6-7-12-23(22)34-27)20-10-8-9-19(15-20)13-14-32(4,5)18-41-30(40)35-26/h7-16,22,25,27H,17-19H2,1-6H3,(H,36,40);6-15,21,24,26H,16-18H2,1-5H3,(H,35,40)(H,38,39)/b15-14+;14-13+/t22-,25+,27-;21-,24+,26-/m11/s1. The van der Waals surface area contributed by atoms with Crippen LogP contribution in [0.25, 0.3) is 56.7 Å². The van der Waals surface area contributed by atoms with Crippen LogP contribution < -0.4 is 20.1 Å². The van der Waals surface area contributed by atoms with E-state index in [1.807, 2.05) is 170 Å². The minimum atomic E-state index is -1.15. The predicted octanol–water partition coefficient (Wildman–Crippen LogP) is 9.94. The number of hydrogen-bond donors (Lipinski definition) is 3. The first-order chi connectivity index (χ1) is 40.1. The van der Waals surface area contributed by atoms with Crippen LogP contribution in [0.15, 0.2) is 109 Å². The highest BCUT2D eigenvalue weighted by atomic mass is 16.6. The van der Waals surface area contributed by atoms with Gasteiger partial charge in [0.1, 0.15) is 61.0 Å². The van der Waals surface area contributed by atoms with Crippen molar-refractivity contribution in [1.29, 1.82) is 0 Å². The number of nitrogens with one attached hydrogen (secondary N) is 2. The van der Waals surface area contributed by atoms with Gasteiger partial charge in [-0.2, -0.15) is 0 Å². The van der Waals surface area contributed by atoms with E-state index >= 15 is 0 Å². The zero-order valence-corrected chi connectivity index (χ0v) is 49.9. The van der Waals surface area contributed by atoms with Gasteiger partial charge in [0, 0.05) is 34.8 Å². The lowest BCUT2D eigenvalue weighted by Gasteiger charge is -2.35. The number of carboxylic acids is 1. The number of ether oxygens (including phenoxy) is 5. The van der Waals surface area contributed by atoms with Crippen molar-refractivity contribution in [2.75, 3.05) is 33.4 Å². The Morgan fingerprint density at radius 3 is 1.35 bits per heavy atom. The summed E-state index contributed by atoms with van der Waals surface area (Å²) in [6.45, 7) is 19.0. The summed E-state index contributed by atoms with van der Waals surface area (Å²) in [5.41, 5.74) is 4.73. The quantitative estimate of drug-likeness (QED) is 0.108. The first-order valence-corrected chi connectivity index (χ1v) is 28.4. The fourth-order valence-corrected chi connectivity index (χ4v) is 10.4. The van der Waals surface area contributed by atoms with Crippen molar-refractivity contribution < 1.29 is 57.6 Å². The van der Waals surface area contributed by atoms with Gasteiger partial charge in [0.2, 0.25) is 23.6 Å². The van der Waals surface area contributed by atoms with Crippen LogP contribution >= 0.6 is 0 Å². The third-order valence-corrected chi connectivity index (χ3v) is 15.2. The number of cyclic esters (lactones) is 2. The Hall–Kier alpha value is -8.94. The molecule has 6 heterocycles. The number of para-hydroxylation sites is 4. The third-order valence-electron chi connectivity index (χ3n) is 15.2. The molecule has 4 aromatic carbocycles. The summed E-state index contributed by atoms with van der Waals surface area (Å²) in [6.07, 6.45) is 5.39. The van der Waals surface area contributed by atoms with Gasteiger partial charge in [-0.1, -0.05) is 154 Å². The van der Waals surface area contributed by atoms with E-state index in [9.17, 15) is 33.9 Å². The molecule has 3 N–H and O–H groups in total. The summed E-state index contributed by atoms with van der Waals surface area (Å²) < 4.78 is 29.1. The maximum atomic E-state index is 14.0. The van der Waals surface area contributed by atoms with E-state index in [1.165, 1.54) is 16.9 Å². The van der Waals surface area contributed by atoms with Crippen LogP contribution in [-0.2, 0) is 33.4 Å². The lowest BCUT2D eigenvalue weighted by molar-refractivity contribution is -0.152. The lowest BCUT2D eigenvalue weighted by atomic mass is 9.85. The van der Waals surface area contributed by atoms with Crippen molar-refractivity contribution in [3.63, 3.8) is 0 Å². The van der Waals surface area contributed by atoms with Crippen LogP contribution in [0.1, 0.15) is 93.2 Å². The van der Waals surface area contributed by atoms with Gasteiger partial charge in [0.15, 0.2) is 0 Å². The second-order valence-electron chi connectivity index (χ2n) is 25.5. The van der Waals surface area contributed by atoms with Gasteiger partial charge in [0.05, 0.1) is 42.3 Å². The molecule has 2 fully saturated rings. The van der Waals surface area contributed by atoms with Crippen LogP contribution in [-0.4, -0.2) is 141 Å². The number of carboxylic acid groups (broad SMARTS) is 1. The number of aromatic nitrogens is 4. The molecule has 4 aliphatic rings. The average molecular weight is 1160 g/mol. The van der Waals surface area contributed by atoms with Gasteiger partial charge >= 0.3 is 24.1 Å². The lowest BCUT2D eigenvalue weighted by Crippen LogP contribution is -2.57. The highest BCUT2D eigenvalue weighted by molar-refractivity contribution is 5.92. The zero-order valence-electron chi connectivity index (χ0n) is 49.9. The fraction of sp³-hybridized carbons (Fsp3) is 0.415. The molecule has 0 saturated carbocycles. The summed E-state index contributed by atoms with van der Waals surface area (Å²) in [6, 6.07) is 26.5. The molecule has 0 unspecified atom stereocenters. The average Bonchev–Trinajstić information content (AvgIpc) is 2.83. The predicted molar refractivity (Wildman–Crippen MR) is 320 cm³/mol. The number of aliphatic carboxylic acids is 1. The number of alkyl carbamates (subject to hydrolysis) is 2. The minimum absolute atomic E-state index is 0.00284. The Morgan fingerprint density at radius 2 is 0.965 bits per heavy atom. The minimum Gasteiger partial charge on any atom is -0.480 e. The maximum Gasteiger partial charge on any atom is 0.407 e. The van der Waals surface area contributed by atoms with Crippen molar-refractivity contribution in [2.24, 2.45) is 21.7 Å². The smallest absolute Gasteiger partial charge is 0.407 e. The highest BCUT2D eigenvalue weighted by Crippen LogP contribution is 2.37. The van der Waals surface area contributed by atoms with E-state index in [-0.39, 0.29) is 45.0 Å². The number of nitrogens with zero attached hydrogens (tertiary/aromatic N) is 6. The first-order valence-electron chi connectivity index (χ1n) is 28.4. The summed E-state index contributed by atoms with van der Waals surface area (Å²) in [5, 5.41) is 15.5. The molecule has 20 nitrogen and oxygen atoms in total. The molecular formula is C65H74N8O12. The third kappa shape index (κ3) is 14.4. The highest BCUT2D eigenvalue weighted by Gasteiger charge is 2.48. The summed E-state index contributed by atoms with van der Waals surface area (Å²) in [4.78, 5) is 101. The van der Waals surface area contributed by atoms with Gasteiger partial charge < -0.3 is 49.2 Å². The van der Waals surface area contributed by atoms with Crippen LogP contribution in [0.3, 0.4) is 0 Å². The van der Waals surface area contributed by atoms with Crippen LogP contribution in [0.2, 0.25) is 0 Å². The molecule has 2 aromatic heterocycles. The Morgan fingerprint density at radius 1 is 0.576 bits per heavy atom. The molecule has 4 amide bonds. The second kappa shape index (κ2) is 24.3. The molecule has 2 saturated heterocycles. The molecule has 4 aliphatic heterocycles. The van der Waals surface area contributed by atoms with Crippen molar-refractivity contribution >= 4 is 70.2 Å². The maximum absolute atomic E-state index is 14.0. The summed E-state index contributed by atoms with van der Waals surface area (Å²) in [7, 11) is 1.28. The van der Waals surface area contributed by atoms with E-state index in [0.717, 1.165) is 22.3 Å². The molecule has 446 valence electrons. The molecular weight excluding hydrogens is 1080 g/mol. The van der Waals surface area contributed by atoms with Gasteiger partial charge in [-0.3, -0.25) is 9.59 Å². The van der Waals surface area contributed by atoms with Gasteiger partial charge in [-0.05, 0) is 58.4 Å². The van der Waals surface area contributed by atoms with E-state index in [4.69, 9.17) is 43.6 Å². The molecule has 10 rings (SSSR count). The number of amides is 4. The van der Waals surface area contributed by atoms with E-state index in [0.29, 0.717) is 39.3 Å². The summed E-state index contributed by atoms with van der Waals surface area (Å²) >= 11 is 0. The molecule has 85 heavy (non-hydrogen) atoms. The molecule has 6 atom stereocenters. The van der Waals surface area contributed by atoms with Gasteiger partial charge in [-0.15, -0.1) is 0 Å². The number of methoxy groups -OCH3 is 1. The normalized spacial score (nSPS) is 23.4. The van der Waals surface area contributed by atoms with E-state index < -0.39 is 94.0 Å². The number of carbonyl (C=O) groups excluding carboxylic acids is 5. The van der Waals surface area contributed by atoms with Crippen molar-refractivity contribution in [1.82, 2.24) is 40.4 Å². The fourth-order valence-electron chi connectivity index (χ4n) is 10.4. The summed E-state index contributed by atoms with van der Waals surface area (Å²) in [5.74, 6) is -2.10. The number of carbonyl (C=O) groups is 6. The Labute approximate surface area is 494 Å². The van der Waals surface area contributed by atoms with E-state index in [1.54, 1.807) is 20.8 Å². The molecule has 0 radical (unpaired) electrons. The van der Waals surface area contributed by atoms with Crippen LogP contribution in [0, 0.1) is 21.7 Å². The van der Waals surface area contributed by atoms with Crippen LogP contribution in [0.4, 0.5) is 9.59 Å². The monoisotopic (exact) mass is 1160 g/mol. The number of esters is 1. The van der Waals surface area contributed by atoms with Gasteiger partial charge in [0.25, 0.3) is 0 Å². The molecule has 20 heteroatoms. The SMILES string of the molecule is CC1(C)/C=C/c2cccc(c2)-c2nc3ccccc3nc2O[C@@H]2C[C@@H](C(=O)O)N(C2)C(=O)[C@H](C(C)(C)C)NC(=O)OC1.COC(=O)[C@@H]1C[C@@H]2CN1C(=O)[C@H](C(C)(C)C)NC(=O)OCC(C)(C)/C=C/c1cccc(c1)-c1nc3ccccc3nc1O2. The number of fused-ring (bicyclic) bond motifs is 14. The van der Waals surface area contributed by atoms with Crippen LogP contribution in [0.5, 0.6) is 11.8 Å².